The maximum absolute atomic E-state index is 12.9. The van der Waals surface area contributed by atoms with Gasteiger partial charge in [0.15, 0.2) is 0 Å². The van der Waals surface area contributed by atoms with Gasteiger partial charge in [-0.1, -0.05) is 30.3 Å². The average molecular weight is 402 g/mol. The molecule has 0 spiro atoms. The smallest absolute Gasteiger partial charge is 0.317 e. The number of aromatic amines is 1. The molecule has 0 bridgehead atoms. The summed E-state index contributed by atoms with van der Waals surface area (Å²) in [5, 5.41) is 14.2. The van der Waals surface area contributed by atoms with Crippen LogP contribution in [0.2, 0.25) is 0 Å². The summed E-state index contributed by atoms with van der Waals surface area (Å²) in [5.74, 6) is -1.25. The van der Waals surface area contributed by atoms with Gasteiger partial charge < -0.3 is 31.4 Å². The number of benzene rings is 1. The van der Waals surface area contributed by atoms with Crippen molar-refractivity contribution in [2.24, 2.45) is 5.73 Å². The number of amides is 4. The first-order valence-electron chi connectivity index (χ1n) is 9.14. The molecule has 1 aromatic heterocycles. The molecule has 0 fully saturated rings. The van der Waals surface area contributed by atoms with Crippen molar-refractivity contribution < 1.29 is 19.5 Å². The molecular weight excluding hydrogens is 376 g/mol. The van der Waals surface area contributed by atoms with E-state index in [1.165, 1.54) is 18.3 Å². The molecule has 0 unspecified atom stereocenters. The van der Waals surface area contributed by atoms with E-state index in [0.717, 1.165) is 5.56 Å². The quantitative estimate of drug-likeness (QED) is 0.351. The summed E-state index contributed by atoms with van der Waals surface area (Å²) in [7, 11) is 1.51. The molecule has 4 amide bonds. The van der Waals surface area contributed by atoms with Crippen LogP contribution in [0.1, 0.15) is 11.3 Å². The Labute approximate surface area is 168 Å². The van der Waals surface area contributed by atoms with Crippen LogP contribution >= 0.6 is 0 Å². The molecule has 0 aliphatic heterocycles. The Kier molecular flexibility index (Phi) is 8.16. The third-order valence-corrected chi connectivity index (χ3v) is 4.31. The second-order valence-electron chi connectivity index (χ2n) is 6.57. The van der Waals surface area contributed by atoms with E-state index in [1.807, 2.05) is 30.3 Å². The van der Waals surface area contributed by atoms with E-state index in [2.05, 4.69) is 20.6 Å². The molecule has 0 aliphatic carbocycles. The number of urea groups is 1. The van der Waals surface area contributed by atoms with Crippen molar-refractivity contribution in [2.75, 3.05) is 20.2 Å². The summed E-state index contributed by atoms with van der Waals surface area (Å²) < 4.78 is 0. The first-order chi connectivity index (χ1) is 13.9. The van der Waals surface area contributed by atoms with Crippen LogP contribution in [0.3, 0.4) is 0 Å². The summed E-state index contributed by atoms with van der Waals surface area (Å²) >= 11 is 0. The number of aromatic nitrogens is 2. The molecule has 0 saturated carbocycles. The summed E-state index contributed by atoms with van der Waals surface area (Å²) in [6.07, 6.45) is 3.42. The predicted molar refractivity (Wildman–Crippen MR) is 106 cm³/mol. The molecule has 0 radical (unpaired) electrons. The molecule has 2 rings (SSSR count). The summed E-state index contributed by atoms with van der Waals surface area (Å²) in [5.41, 5.74) is 6.83. The van der Waals surface area contributed by atoms with Crippen LogP contribution in [-0.4, -0.2) is 70.1 Å². The first-order valence-corrected chi connectivity index (χ1v) is 9.14. The lowest BCUT2D eigenvalue weighted by atomic mass is 10.0. The molecular formula is C19H26N6O4. The summed E-state index contributed by atoms with van der Waals surface area (Å²) in [4.78, 5) is 45.1. The highest BCUT2D eigenvalue weighted by Crippen LogP contribution is 2.06. The third kappa shape index (κ3) is 6.92. The Morgan fingerprint density at radius 3 is 2.48 bits per heavy atom. The number of hydrogen-bond donors (Lipinski definition) is 5. The number of rotatable bonds is 10. The topological polar surface area (TPSA) is 153 Å². The highest BCUT2D eigenvalue weighted by atomic mass is 16.3. The zero-order valence-corrected chi connectivity index (χ0v) is 16.2. The van der Waals surface area contributed by atoms with Gasteiger partial charge in [0, 0.05) is 32.6 Å². The van der Waals surface area contributed by atoms with Crippen LogP contribution in [0.25, 0.3) is 0 Å². The molecule has 2 aromatic rings. The number of aliphatic hydroxyl groups is 1. The molecule has 10 nitrogen and oxygen atoms in total. The Hall–Kier alpha value is -3.40. The van der Waals surface area contributed by atoms with E-state index in [1.54, 1.807) is 6.20 Å². The lowest BCUT2D eigenvalue weighted by molar-refractivity contribution is -0.128. The van der Waals surface area contributed by atoms with Crippen molar-refractivity contribution in [3.63, 3.8) is 0 Å². The number of imidazole rings is 1. The van der Waals surface area contributed by atoms with Crippen molar-refractivity contribution >= 4 is 17.8 Å². The second kappa shape index (κ2) is 10.8. The van der Waals surface area contributed by atoms with Crippen LogP contribution in [0.5, 0.6) is 0 Å². The van der Waals surface area contributed by atoms with E-state index in [-0.39, 0.29) is 26.0 Å². The van der Waals surface area contributed by atoms with Gasteiger partial charge >= 0.3 is 6.03 Å². The van der Waals surface area contributed by atoms with Gasteiger partial charge in [-0.25, -0.2) is 9.78 Å². The number of H-pyrrole nitrogens is 1. The molecule has 0 aliphatic rings. The SMILES string of the molecule is CN(CCO)C(=O)N[C@@H](Cc1ccccc1)C(=O)N[C@@H](Cc1c[nH]cn1)C(N)=O. The number of carbonyl (C=O) groups is 3. The monoisotopic (exact) mass is 402 g/mol. The standard InChI is InChI=1S/C19H26N6O4/c1-25(7-8-26)19(29)24-16(9-13-5-3-2-4-6-13)18(28)23-15(17(20)27)10-14-11-21-12-22-14/h2-6,11-12,15-16,26H,7-10H2,1H3,(H2,20,27)(H,21,22)(H,23,28)(H,24,29)/t15-,16-/m0/s1. The Morgan fingerprint density at radius 2 is 1.90 bits per heavy atom. The number of nitrogens with zero attached hydrogens (tertiary/aromatic N) is 2. The van der Waals surface area contributed by atoms with Crippen molar-refractivity contribution in [1.29, 1.82) is 0 Å². The lowest BCUT2D eigenvalue weighted by Crippen LogP contribution is -2.56. The number of primary amides is 1. The number of carbonyl (C=O) groups excluding carboxylic acids is 3. The average Bonchev–Trinajstić information content (AvgIpc) is 3.21. The van der Waals surface area contributed by atoms with Crippen LogP contribution in [0.15, 0.2) is 42.9 Å². The molecule has 0 saturated heterocycles. The van der Waals surface area contributed by atoms with E-state index in [4.69, 9.17) is 10.8 Å². The normalized spacial score (nSPS) is 12.6. The Balaban J connectivity index is 2.13. The molecule has 29 heavy (non-hydrogen) atoms. The molecule has 1 aromatic carbocycles. The fourth-order valence-corrected chi connectivity index (χ4v) is 2.68. The molecule has 2 atom stereocenters. The van der Waals surface area contributed by atoms with E-state index in [9.17, 15) is 14.4 Å². The Bertz CT molecular complexity index is 796. The highest BCUT2D eigenvalue weighted by Gasteiger charge is 2.27. The van der Waals surface area contributed by atoms with Crippen molar-refractivity contribution in [2.45, 2.75) is 24.9 Å². The number of aliphatic hydroxyl groups excluding tert-OH is 1. The minimum absolute atomic E-state index is 0.120. The van der Waals surface area contributed by atoms with E-state index >= 15 is 0 Å². The van der Waals surface area contributed by atoms with Gasteiger partial charge in [0.1, 0.15) is 12.1 Å². The van der Waals surface area contributed by atoms with Gasteiger partial charge in [0.05, 0.1) is 18.6 Å². The fraction of sp³-hybridized carbons (Fsp3) is 0.368. The first kappa shape index (κ1) is 21.9. The summed E-state index contributed by atoms with van der Waals surface area (Å²) in [6, 6.07) is 6.74. The van der Waals surface area contributed by atoms with Crippen molar-refractivity contribution in [3.05, 3.63) is 54.1 Å². The van der Waals surface area contributed by atoms with Gasteiger partial charge in [-0.3, -0.25) is 9.59 Å². The zero-order valence-electron chi connectivity index (χ0n) is 16.2. The van der Waals surface area contributed by atoms with Crippen LogP contribution in [-0.2, 0) is 22.4 Å². The lowest BCUT2D eigenvalue weighted by Gasteiger charge is -2.24. The minimum atomic E-state index is -0.976. The minimum Gasteiger partial charge on any atom is -0.395 e. The van der Waals surface area contributed by atoms with Crippen LogP contribution in [0, 0.1) is 0 Å². The van der Waals surface area contributed by atoms with Gasteiger partial charge in [-0.05, 0) is 5.56 Å². The number of nitrogens with one attached hydrogen (secondary N) is 3. The maximum Gasteiger partial charge on any atom is 0.317 e. The van der Waals surface area contributed by atoms with Gasteiger partial charge in [0.2, 0.25) is 11.8 Å². The molecule has 10 heteroatoms. The van der Waals surface area contributed by atoms with Gasteiger partial charge in [0.25, 0.3) is 0 Å². The number of nitrogens with two attached hydrogens (primary N) is 1. The largest absolute Gasteiger partial charge is 0.395 e. The zero-order chi connectivity index (χ0) is 21.2. The number of hydrogen-bond acceptors (Lipinski definition) is 5. The fourth-order valence-electron chi connectivity index (χ4n) is 2.68. The predicted octanol–water partition coefficient (Wildman–Crippen LogP) is -0.833. The summed E-state index contributed by atoms with van der Waals surface area (Å²) in [6.45, 7) is -0.0819. The molecule has 1 heterocycles. The molecule has 6 N–H and O–H groups in total. The van der Waals surface area contributed by atoms with Crippen molar-refractivity contribution in [1.82, 2.24) is 25.5 Å². The van der Waals surface area contributed by atoms with E-state index in [0.29, 0.717) is 5.69 Å². The van der Waals surface area contributed by atoms with Crippen molar-refractivity contribution in [3.8, 4) is 0 Å². The third-order valence-electron chi connectivity index (χ3n) is 4.31. The van der Waals surface area contributed by atoms with Crippen LogP contribution < -0.4 is 16.4 Å². The Morgan fingerprint density at radius 1 is 1.17 bits per heavy atom. The maximum atomic E-state index is 12.9. The number of likely N-dealkylation sites (N-methyl/N-ethyl adjacent to an activating group) is 1. The van der Waals surface area contributed by atoms with Gasteiger partial charge in [-0.2, -0.15) is 0 Å². The molecule has 156 valence electrons. The van der Waals surface area contributed by atoms with E-state index < -0.39 is 29.9 Å². The van der Waals surface area contributed by atoms with Crippen LogP contribution in [0.4, 0.5) is 4.79 Å². The second-order valence-corrected chi connectivity index (χ2v) is 6.57. The van der Waals surface area contributed by atoms with Gasteiger partial charge in [-0.15, -0.1) is 0 Å². The highest BCUT2D eigenvalue weighted by molar-refractivity contribution is 5.91.